The highest BCUT2D eigenvalue weighted by Crippen LogP contribution is 2.32. The van der Waals surface area contributed by atoms with Gasteiger partial charge in [0.25, 0.3) is 11.5 Å². The van der Waals surface area contributed by atoms with Gasteiger partial charge in [-0.05, 0) is 55.5 Å². The number of pyridine rings is 1. The molecule has 1 amide bonds. The van der Waals surface area contributed by atoms with Gasteiger partial charge in [0, 0.05) is 38.1 Å². The number of carbonyl (C=O) groups is 1. The Morgan fingerprint density at radius 1 is 1.24 bits per heavy atom. The second-order valence-electron chi connectivity index (χ2n) is 6.58. The first-order chi connectivity index (χ1) is 12.0. The molecule has 0 aliphatic carbocycles. The largest absolute Gasteiger partial charge is 0.383 e. The van der Waals surface area contributed by atoms with Crippen LogP contribution in [0.5, 0.6) is 0 Å². The van der Waals surface area contributed by atoms with Crippen LogP contribution in [-0.4, -0.2) is 30.7 Å². The SMILES string of the molecule is COCCn1cc(C(=O)N2CCCc3c(C)cc(C)cc32)ccc1=O. The number of carbonyl (C=O) groups excluding carboxylic acids is 1. The molecule has 5 nitrogen and oxygen atoms in total. The molecule has 25 heavy (non-hydrogen) atoms. The maximum absolute atomic E-state index is 13.1. The molecule has 1 aromatic carbocycles. The maximum Gasteiger partial charge on any atom is 0.259 e. The normalized spacial score (nSPS) is 13.6. The molecule has 132 valence electrons. The quantitative estimate of drug-likeness (QED) is 0.860. The van der Waals surface area contributed by atoms with Gasteiger partial charge in [-0.25, -0.2) is 0 Å². The Morgan fingerprint density at radius 2 is 2.04 bits per heavy atom. The highest BCUT2D eigenvalue weighted by molar-refractivity contribution is 6.06. The number of hydrogen-bond acceptors (Lipinski definition) is 3. The monoisotopic (exact) mass is 340 g/mol. The Morgan fingerprint density at radius 3 is 2.80 bits per heavy atom. The summed E-state index contributed by atoms with van der Waals surface area (Å²) in [6, 6.07) is 7.32. The Kier molecular flexibility index (Phi) is 5.04. The van der Waals surface area contributed by atoms with Crippen molar-refractivity contribution in [3.05, 3.63) is 63.1 Å². The summed E-state index contributed by atoms with van der Waals surface area (Å²) in [5.41, 5.74) is 5.04. The summed E-state index contributed by atoms with van der Waals surface area (Å²) < 4.78 is 6.57. The summed E-state index contributed by atoms with van der Waals surface area (Å²) in [7, 11) is 1.59. The van der Waals surface area contributed by atoms with Crippen LogP contribution in [0.25, 0.3) is 0 Å². The molecule has 0 saturated carbocycles. The number of amides is 1. The number of aromatic nitrogens is 1. The molecule has 0 unspecified atom stereocenters. The molecule has 0 fully saturated rings. The summed E-state index contributed by atoms with van der Waals surface area (Å²) in [6.45, 7) is 5.72. The van der Waals surface area contributed by atoms with Crippen molar-refractivity contribution in [1.82, 2.24) is 4.57 Å². The third-order valence-corrected chi connectivity index (χ3v) is 4.70. The van der Waals surface area contributed by atoms with Crippen LogP contribution in [0, 0.1) is 13.8 Å². The fourth-order valence-electron chi connectivity index (χ4n) is 3.46. The second kappa shape index (κ2) is 7.23. The number of hydrogen-bond donors (Lipinski definition) is 0. The van der Waals surface area contributed by atoms with E-state index in [0.717, 1.165) is 24.1 Å². The van der Waals surface area contributed by atoms with Crippen LogP contribution < -0.4 is 10.5 Å². The molecular formula is C20H24N2O3. The molecular weight excluding hydrogens is 316 g/mol. The Balaban J connectivity index is 1.97. The van der Waals surface area contributed by atoms with Crippen molar-refractivity contribution < 1.29 is 9.53 Å². The predicted octanol–water partition coefficient (Wildman–Crippen LogP) is 2.70. The lowest BCUT2D eigenvalue weighted by Gasteiger charge is -2.31. The van der Waals surface area contributed by atoms with Gasteiger partial charge in [0.15, 0.2) is 0 Å². The van der Waals surface area contributed by atoms with E-state index in [1.54, 1.807) is 19.4 Å². The fourth-order valence-corrected chi connectivity index (χ4v) is 3.46. The van der Waals surface area contributed by atoms with Crippen molar-refractivity contribution in [2.75, 3.05) is 25.2 Å². The predicted molar refractivity (Wildman–Crippen MR) is 98.5 cm³/mol. The molecule has 1 aliphatic heterocycles. The van der Waals surface area contributed by atoms with Gasteiger partial charge in [-0.2, -0.15) is 0 Å². The molecule has 0 N–H and O–H groups in total. The molecule has 0 spiro atoms. The van der Waals surface area contributed by atoms with Crippen LogP contribution in [0.3, 0.4) is 0 Å². The molecule has 1 aromatic heterocycles. The van der Waals surface area contributed by atoms with Gasteiger partial charge in [-0.1, -0.05) is 6.07 Å². The molecule has 0 atom stereocenters. The summed E-state index contributed by atoms with van der Waals surface area (Å²) in [4.78, 5) is 26.9. The third kappa shape index (κ3) is 3.51. The van der Waals surface area contributed by atoms with Gasteiger partial charge < -0.3 is 14.2 Å². The van der Waals surface area contributed by atoms with Crippen molar-refractivity contribution in [1.29, 1.82) is 0 Å². The number of anilines is 1. The average molecular weight is 340 g/mol. The summed E-state index contributed by atoms with van der Waals surface area (Å²) in [5, 5.41) is 0. The van der Waals surface area contributed by atoms with E-state index in [9.17, 15) is 9.59 Å². The van der Waals surface area contributed by atoms with Crippen molar-refractivity contribution in [2.24, 2.45) is 0 Å². The highest BCUT2D eigenvalue weighted by Gasteiger charge is 2.25. The number of aryl methyl sites for hydroxylation is 2. The number of benzene rings is 1. The fraction of sp³-hybridized carbons (Fsp3) is 0.400. The lowest BCUT2D eigenvalue weighted by molar-refractivity contribution is 0.0984. The number of ether oxygens (including phenoxy) is 1. The van der Waals surface area contributed by atoms with Crippen LogP contribution in [0.2, 0.25) is 0 Å². The lowest BCUT2D eigenvalue weighted by Crippen LogP contribution is -2.36. The van der Waals surface area contributed by atoms with Crippen LogP contribution >= 0.6 is 0 Å². The average Bonchev–Trinajstić information content (AvgIpc) is 2.60. The topological polar surface area (TPSA) is 51.5 Å². The minimum atomic E-state index is -0.126. The highest BCUT2D eigenvalue weighted by atomic mass is 16.5. The second-order valence-corrected chi connectivity index (χ2v) is 6.58. The molecule has 2 aromatic rings. The first-order valence-electron chi connectivity index (χ1n) is 8.62. The van der Waals surface area contributed by atoms with E-state index in [1.807, 2.05) is 4.90 Å². The zero-order valence-electron chi connectivity index (χ0n) is 15.0. The molecule has 2 heterocycles. The molecule has 0 bridgehead atoms. The minimum absolute atomic E-state index is 0.0582. The summed E-state index contributed by atoms with van der Waals surface area (Å²) >= 11 is 0. The van der Waals surface area contributed by atoms with E-state index in [0.29, 0.717) is 25.3 Å². The Labute approximate surface area is 147 Å². The van der Waals surface area contributed by atoms with Gasteiger partial charge in [0.1, 0.15) is 0 Å². The zero-order valence-corrected chi connectivity index (χ0v) is 15.0. The first kappa shape index (κ1) is 17.4. The van der Waals surface area contributed by atoms with E-state index in [2.05, 4.69) is 26.0 Å². The zero-order chi connectivity index (χ0) is 18.0. The number of fused-ring (bicyclic) bond motifs is 1. The van der Waals surface area contributed by atoms with E-state index >= 15 is 0 Å². The van der Waals surface area contributed by atoms with E-state index in [-0.39, 0.29) is 11.5 Å². The van der Waals surface area contributed by atoms with Crippen molar-refractivity contribution in [3.8, 4) is 0 Å². The van der Waals surface area contributed by atoms with E-state index in [4.69, 9.17) is 4.74 Å². The van der Waals surface area contributed by atoms with Crippen molar-refractivity contribution >= 4 is 11.6 Å². The number of nitrogens with zero attached hydrogens (tertiary/aromatic N) is 2. The molecule has 5 heteroatoms. The standard InChI is InChI=1S/C20H24N2O3/c1-14-11-15(2)17-5-4-8-22(18(17)12-14)20(24)16-6-7-19(23)21(13-16)9-10-25-3/h6-7,11-13H,4-5,8-10H2,1-3H3. The van der Waals surface area contributed by atoms with Gasteiger partial charge in [0.2, 0.25) is 0 Å². The maximum atomic E-state index is 13.1. The Hall–Kier alpha value is -2.40. The van der Waals surface area contributed by atoms with E-state index < -0.39 is 0 Å². The van der Waals surface area contributed by atoms with Gasteiger partial charge in [0.05, 0.1) is 12.2 Å². The van der Waals surface area contributed by atoms with Gasteiger partial charge in [-0.15, -0.1) is 0 Å². The summed E-state index contributed by atoms with van der Waals surface area (Å²) in [6.07, 6.45) is 3.59. The molecule has 1 aliphatic rings. The van der Waals surface area contributed by atoms with Crippen LogP contribution in [-0.2, 0) is 17.7 Å². The number of rotatable bonds is 4. The van der Waals surface area contributed by atoms with Crippen LogP contribution in [0.15, 0.2) is 35.3 Å². The Bertz CT molecular complexity index is 855. The molecule has 0 saturated heterocycles. The molecule has 0 radical (unpaired) electrons. The van der Waals surface area contributed by atoms with Crippen molar-refractivity contribution in [2.45, 2.75) is 33.2 Å². The van der Waals surface area contributed by atoms with Crippen LogP contribution in [0.1, 0.15) is 33.5 Å². The van der Waals surface area contributed by atoms with Crippen LogP contribution in [0.4, 0.5) is 5.69 Å². The third-order valence-electron chi connectivity index (χ3n) is 4.70. The number of methoxy groups -OCH3 is 1. The van der Waals surface area contributed by atoms with Crippen molar-refractivity contribution in [3.63, 3.8) is 0 Å². The minimum Gasteiger partial charge on any atom is -0.383 e. The first-order valence-corrected chi connectivity index (χ1v) is 8.62. The molecule has 3 rings (SSSR count). The smallest absolute Gasteiger partial charge is 0.259 e. The van der Waals surface area contributed by atoms with E-state index in [1.165, 1.54) is 21.8 Å². The summed E-state index contributed by atoms with van der Waals surface area (Å²) in [5.74, 6) is -0.0582. The lowest BCUT2D eigenvalue weighted by atomic mass is 9.94. The van der Waals surface area contributed by atoms with Gasteiger partial charge >= 0.3 is 0 Å². The van der Waals surface area contributed by atoms with Gasteiger partial charge in [-0.3, -0.25) is 9.59 Å².